The quantitative estimate of drug-likeness (QED) is 0.0420. The van der Waals surface area contributed by atoms with E-state index in [1.54, 1.807) is 6.08 Å². The molecule has 450 valence electrons. The molecule has 0 fully saturated rings. The lowest BCUT2D eigenvalue weighted by atomic mass is 10.0. The van der Waals surface area contributed by atoms with Gasteiger partial charge >= 0.3 is 0 Å². The van der Waals surface area contributed by atoms with Crippen molar-refractivity contribution in [3.63, 3.8) is 0 Å². The van der Waals surface area contributed by atoms with Crippen LogP contribution in [0.5, 0.6) is 0 Å². The van der Waals surface area contributed by atoms with Crippen LogP contribution in [0.3, 0.4) is 0 Å². The Labute approximate surface area is 495 Å². The standard InChI is InChI=1S/C76H123NO3/c1-3-5-7-9-11-13-15-17-19-21-23-25-27-29-31-32-33-34-35-36-37-38-39-40-41-42-43-44-46-48-50-52-54-56-58-60-62-64-66-68-70-72-76(80)77-74(73-78)75(79)71-69-67-65-63-61-59-57-55-53-51-49-47-45-30-28-26-24-22-20-18-16-14-12-10-8-6-4-2/h5,7,11,13,17,19,23,25,29,31,33-34,36-37,39-40,42-43,46,48,52-55,58,60-61,63,69,71,74-75,78-79H,3-4,6,8-10,12,14-16,18,20-22,24,26-28,30,32,35,38,41,44-45,47,49-51,56-57,59,62,64-68,70,72-73H2,1-2H3,(H,77,80)/b7-5-,13-11-,19-17-,25-23-,31-29-,34-33-,37-36-,40-39-,43-42-,48-46-,54-52-,55-53+,60-58-,63-61+,71-69+. The molecule has 2 unspecified atom stereocenters. The van der Waals surface area contributed by atoms with E-state index >= 15 is 0 Å². The molecule has 4 heteroatoms. The van der Waals surface area contributed by atoms with Crippen LogP contribution in [-0.4, -0.2) is 34.9 Å². The summed E-state index contributed by atoms with van der Waals surface area (Å²) in [6, 6.07) is -0.675. The summed E-state index contributed by atoms with van der Waals surface area (Å²) in [7, 11) is 0. The van der Waals surface area contributed by atoms with Crippen LogP contribution < -0.4 is 5.32 Å². The summed E-state index contributed by atoms with van der Waals surface area (Å²) < 4.78 is 0. The van der Waals surface area contributed by atoms with Crippen molar-refractivity contribution in [1.29, 1.82) is 0 Å². The van der Waals surface area contributed by atoms with E-state index in [9.17, 15) is 15.0 Å². The van der Waals surface area contributed by atoms with Gasteiger partial charge in [0.15, 0.2) is 0 Å². The van der Waals surface area contributed by atoms with Crippen LogP contribution in [0.25, 0.3) is 0 Å². The molecule has 0 radical (unpaired) electrons. The Bertz CT molecular complexity index is 1770. The zero-order chi connectivity index (χ0) is 57.6. The number of hydrogen-bond donors (Lipinski definition) is 3. The van der Waals surface area contributed by atoms with Crippen LogP contribution in [0.2, 0.25) is 0 Å². The van der Waals surface area contributed by atoms with Gasteiger partial charge in [-0.25, -0.2) is 0 Å². The molecule has 4 nitrogen and oxygen atoms in total. The number of carbonyl (C=O) groups excluding carboxylic acids is 1. The summed E-state index contributed by atoms with van der Waals surface area (Å²) in [6.07, 6.45) is 112. The smallest absolute Gasteiger partial charge is 0.220 e. The second-order valence-corrected chi connectivity index (χ2v) is 21.4. The molecule has 0 saturated carbocycles. The van der Waals surface area contributed by atoms with Crippen LogP contribution >= 0.6 is 0 Å². The highest BCUT2D eigenvalue weighted by molar-refractivity contribution is 5.76. The van der Waals surface area contributed by atoms with Crippen LogP contribution in [0.15, 0.2) is 182 Å². The first-order valence-electron chi connectivity index (χ1n) is 33.0. The monoisotopic (exact) mass is 1100 g/mol. The molecule has 0 aliphatic carbocycles. The Hall–Kier alpha value is -4.51. The highest BCUT2D eigenvalue weighted by atomic mass is 16.3. The minimum Gasteiger partial charge on any atom is -0.394 e. The van der Waals surface area contributed by atoms with Gasteiger partial charge in [0.1, 0.15) is 0 Å². The van der Waals surface area contributed by atoms with Gasteiger partial charge in [-0.2, -0.15) is 0 Å². The van der Waals surface area contributed by atoms with E-state index in [0.717, 1.165) is 135 Å². The Kier molecular flexibility index (Phi) is 64.9. The Balaban J connectivity index is 3.72. The maximum Gasteiger partial charge on any atom is 0.220 e. The molecule has 0 aromatic heterocycles. The third kappa shape index (κ3) is 64.3. The second-order valence-electron chi connectivity index (χ2n) is 21.4. The van der Waals surface area contributed by atoms with Crippen molar-refractivity contribution in [2.24, 2.45) is 0 Å². The Morgan fingerprint density at radius 3 is 0.875 bits per heavy atom. The van der Waals surface area contributed by atoms with Crippen molar-refractivity contribution >= 4 is 5.91 Å². The van der Waals surface area contributed by atoms with Gasteiger partial charge in [-0.15, -0.1) is 0 Å². The van der Waals surface area contributed by atoms with Gasteiger partial charge in [-0.1, -0.05) is 312 Å². The van der Waals surface area contributed by atoms with Gasteiger partial charge in [-0.05, 0) is 135 Å². The van der Waals surface area contributed by atoms with Gasteiger partial charge < -0.3 is 15.5 Å². The average Bonchev–Trinajstić information content (AvgIpc) is 3.46. The van der Waals surface area contributed by atoms with E-state index in [1.807, 2.05) is 6.08 Å². The molecule has 0 rings (SSSR count). The van der Waals surface area contributed by atoms with Crippen molar-refractivity contribution in [2.45, 2.75) is 283 Å². The molecule has 0 spiro atoms. The number of nitrogens with one attached hydrogen (secondary N) is 1. The molecule has 0 aliphatic rings. The summed E-state index contributed by atoms with van der Waals surface area (Å²) in [5, 5.41) is 23.2. The number of aliphatic hydroxyl groups excluding tert-OH is 2. The molecular formula is C76H123NO3. The van der Waals surface area contributed by atoms with Crippen molar-refractivity contribution in [3.05, 3.63) is 182 Å². The number of amides is 1. The Morgan fingerprint density at radius 2 is 0.562 bits per heavy atom. The predicted octanol–water partition coefficient (Wildman–Crippen LogP) is 22.8. The number of hydrogen-bond acceptors (Lipinski definition) is 3. The number of rotatable bonds is 58. The van der Waals surface area contributed by atoms with Gasteiger partial charge in [-0.3, -0.25) is 4.79 Å². The zero-order valence-corrected chi connectivity index (χ0v) is 51.8. The van der Waals surface area contributed by atoms with Gasteiger partial charge in [0.2, 0.25) is 5.91 Å². The fourth-order valence-corrected chi connectivity index (χ4v) is 8.90. The van der Waals surface area contributed by atoms with Crippen molar-refractivity contribution in [1.82, 2.24) is 5.32 Å². The van der Waals surface area contributed by atoms with Gasteiger partial charge in [0.25, 0.3) is 0 Å². The van der Waals surface area contributed by atoms with E-state index in [0.29, 0.717) is 6.42 Å². The topological polar surface area (TPSA) is 69.6 Å². The summed E-state index contributed by atoms with van der Waals surface area (Å²) in [5.41, 5.74) is 0. The molecule has 1 amide bonds. The molecule has 0 saturated heterocycles. The molecule has 0 aliphatic heterocycles. The minimum absolute atomic E-state index is 0.108. The van der Waals surface area contributed by atoms with Crippen LogP contribution in [0.1, 0.15) is 271 Å². The van der Waals surface area contributed by atoms with Crippen LogP contribution in [0.4, 0.5) is 0 Å². The van der Waals surface area contributed by atoms with Crippen LogP contribution in [-0.2, 0) is 4.79 Å². The highest BCUT2D eigenvalue weighted by Crippen LogP contribution is 2.15. The van der Waals surface area contributed by atoms with E-state index in [-0.39, 0.29) is 12.5 Å². The predicted molar refractivity (Wildman–Crippen MR) is 358 cm³/mol. The molecule has 2 atom stereocenters. The Morgan fingerprint density at radius 1 is 0.312 bits per heavy atom. The van der Waals surface area contributed by atoms with Gasteiger partial charge in [0.05, 0.1) is 18.8 Å². The largest absolute Gasteiger partial charge is 0.394 e. The van der Waals surface area contributed by atoms with Crippen molar-refractivity contribution in [3.8, 4) is 0 Å². The maximum atomic E-state index is 12.5. The SMILES string of the molecule is CC/C=C\C/C=C\C/C=C\C/C=C\C/C=C\C/C=C\C/C=C\C/C=C\C/C=C\C/C=C\C/C=C\C/C=C\CCCCCCC(=O)NC(CO)C(O)/C=C/CC/C=C/CC/C=C/CCCCCCCCCCCCCCCCCCC. The minimum atomic E-state index is -0.897. The summed E-state index contributed by atoms with van der Waals surface area (Å²) in [6.45, 7) is 4.17. The second kappa shape index (κ2) is 68.8. The third-order valence-electron chi connectivity index (χ3n) is 13.9. The fourth-order valence-electron chi connectivity index (χ4n) is 8.90. The third-order valence-corrected chi connectivity index (χ3v) is 13.9. The van der Waals surface area contributed by atoms with E-state index in [2.05, 4.69) is 189 Å². The summed E-state index contributed by atoms with van der Waals surface area (Å²) >= 11 is 0. The van der Waals surface area contributed by atoms with Crippen LogP contribution in [0, 0.1) is 0 Å². The average molecular weight is 1100 g/mol. The first-order valence-corrected chi connectivity index (χ1v) is 33.0. The highest BCUT2D eigenvalue weighted by Gasteiger charge is 2.18. The van der Waals surface area contributed by atoms with E-state index in [1.165, 1.54) is 116 Å². The molecule has 0 aromatic carbocycles. The van der Waals surface area contributed by atoms with Crippen molar-refractivity contribution < 1.29 is 15.0 Å². The van der Waals surface area contributed by atoms with E-state index < -0.39 is 12.1 Å². The molecule has 3 N–H and O–H groups in total. The van der Waals surface area contributed by atoms with Gasteiger partial charge in [0, 0.05) is 6.42 Å². The van der Waals surface area contributed by atoms with Crippen molar-refractivity contribution in [2.75, 3.05) is 6.61 Å². The molecule has 0 heterocycles. The zero-order valence-electron chi connectivity index (χ0n) is 51.8. The number of unbranched alkanes of at least 4 members (excludes halogenated alkanes) is 23. The van der Waals surface area contributed by atoms with E-state index in [4.69, 9.17) is 0 Å². The molecular weight excluding hydrogens is 975 g/mol. The number of allylic oxidation sites excluding steroid dienone is 29. The molecule has 80 heavy (non-hydrogen) atoms. The lowest BCUT2D eigenvalue weighted by Crippen LogP contribution is -2.45. The normalized spacial score (nSPS) is 14.0. The fraction of sp³-hybridized carbons (Fsp3) is 0.592. The first kappa shape index (κ1) is 75.5. The lowest BCUT2D eigenvalue weighted by Gasteiger charge is -2.19. The summed E-state index contributed by atoms with van der Waals surface area (Å²) in [4.78, 5) is 12.5. The molecule has 0 bridgehead atoms. The summed E-state index contributed by atoms with van der Waals surface area (Å²) in [5.74, 6) is -0.108. The molecule has 0 aromatic rings. The lowest BCUT2D eigenvalue weighted by molar-refractivity contribution is -0.123. The first-order chi connectivity index (χ1) is 39.7. The number of aliphatic hydroxyl groups is 2. The maximum absolute atomic E-state index is 12.5. The number of carbonyl (C=O) groups is 1.